The summed E-state index contributed by atoms with van der Waals surface area (Å²) >= 11 is 10.4. The van der Waals surface area contributed by atoms with Gasteiger partial charge in [0.25, 0.3) is 0 Å². The van der Waals surface area contributed by atoms with E-state index in [0.29, 0.717) is 45.8 Å². The van der Waals surface area contributed by atoms with Crippen molar-refractivity contribution in [3.05, 3.63) is 155 Å². The Hall–Kier alpha value is -8.19. The van der Waals surface area contributed by atoms with E-state index < -0.39 is 73.3 Å². The van der Waals surface area contributed by atoms with Gasteiger partial charge in [0.1, 0.15) is 58.4 Å². The number of hydrogen-bond donors (Lipinski definition) is 2. The second-order valence-corrected chi connectivity index (χ2v) is 22.7. The number of phenols is 2. The van der Waals surface area contributed by atoms with E-state index >= 15 is 0 Å². The molecule has 0 saturated heterocycles. The van der Waals surface area contributed by atoms with Gasteiger partial charge in [0.2, 0.25) is 20.2 Å². The molecule has 8 aromatic rings. The molecule has 8 rings (SSSR count). The van der Waals surface area contributed by atoms with Gasteiger partial charge < -0.3 is 19.7 Å². The monoisotopic (exact) mass is 1470 g/mol. The molecule has 0 aliphatic carbocycles. The number of halogens is 14. The summed E-state index contributed by atoms with van der Waals surface area (Å²) in [5.74, 6) is 7.92. The summed E-state index contributed by atoms with van der Waals surface area (Å²) in [5, 5.41) is 17.4. The third kappa shape index (κ3) is 29.1. The predicted molar refractivity (Wildman–Crippen MR) is 338 cm³/mol. The zero-order valence-corrected chi connectivity index (χ0v) is 52.9. The van der Waals surface area contributed by atoms with Gasteiger partial charge in [-0.2, -0.15) is 52.7 Å². The Kier molecular flexibility index (Phi) is 33.9. The maximum Gasteiger partial charge on any atom is 0.433 e. The molecule has 33 heteroatoms. The largest absolute Gasteiger partial charge is 0.508 e. The average Bonchev–Trinajstić information content (AvgIpc) is 0.877. The van der Waals surface area contributed by atoms with Gasteiger partial charge in [-0.25, -0.2) is 48.3 Å². The first-order chi connectivity index (χ1) is 42.4. The summed E-state index contributed by atoms with van der Waals surface area (Å²) in [7, 11) is -5.77. The first kappa shape index (κ1) is 82.8. The van der Waals surface area contributed by atoms with Crippen molar-refractivity contribution in [3.63, 3.8) is 0 Å². The van der Waals surface area contributed by atoms with E-state index in [4.69, 9.17) is 45.5 Å². The highest BCUT2D eigenvalue weighted by Gasteiger charge is 2.37. The number of thioether (sulfide) groups is 2. The van der Waals surface area contributed by atoms with Gasteiger partial charge in [-0.3, -0.25) is 4.21 Å². The molecular weight excluding hydrogens is 1420 g/mol. The first-order valence-corrected chi connectivity index (χ1v) is 31.9. The molecule has 498 valence electrons. The number of hydrogen-bond acceptors (Lipinski definition) is 17. The number of nitrogens with zero attached hydrogens (tertiary/aromatic N) is 8. The van der Waals surface area contributed by atoms with E-state index in [1.54, 1.807) is 61.0 Å². The summed E-state index contributed by atoms with van der Waals surface area (Å²) < 4.78 is 197. The second kappa shape index (κ2) is 38.1. The van der Waals surface area contributed by atoms with Crippen molar-refractivity contribution in [2.75, 3.05) is 43.6 Å². The van der Waals surface area contributed by atoms with E-state index in [1.807, 2.05) is 19.1 Å². The molecule has 0 aliphatic rings. The number of aryl methyl sites for hydroxylation is 1. The minimum Gasteiger partial charge on any atom is -0.508 e. The Morgan fingerprint density at radius 1 is 0.548 bits per heavy atom. The Labute approximate surface area is 552 Å². The number of ether oxygens (including phenoxy) is 2. The number of aromatic nitrogens is 8. The fourth-order valence-corrected chi connectivity index (χ4v) is 8.18. The molecule has 93 heavy (non-hydrogen) atoms. The van der Waals surface area contributed by atoms with Gasteiger partial charge in [-0.1, -0.05) is 132 Å². The lowest BCUT2D eigenvalue weighted by Gasteiger charge is -2.10. The Balaban J connectivity index is 0.000000589. The molecular formula is C60H54BrClF12N8O7S4. The topological polar surface area (TPSA) is 213 Å². The number of rotatable bonds is 11. The van der Waals surface area contributed by atoms with E-state index in [2.05, 4.69) is 73.6 Å². The van der Waals surface area contributed by atoms with Crippen LogP contribution in [-0.4, -0.2) is 106 Å². The van der Waals surface area contributed by atoms with Gasteiger partial charge in [0.05, 0.1) is 33.2 Å². The lowest BCUT2D eigenvalue weighted by molar-refractivity contribution is -0.142. The second-order valence-electron chi connectivity index (χ2n) is 17.0. The zero-order chi connectivity index (χ0) is 68.5. The summed E-state index contributed by atoms with van der Waals surface area (Å²) in [6.07, 6.45) is 1.54. The summed E-state index contributed by atoms with van der Waals surface area (Å²) in [6, 6.07) is 28.3. The van der Waals surface area contributed by atoms with Gasteiger partial charge >= 0.3 is 24.7 Å². The SMILES string of the molecule is C.C.C#CCBr.C#CCOc1cccc(-c2cc(C(F)(F)F)nc(S(C)(=O)=O)n2)c1.C#CCOc1cccc(-c2cc(C(F)(F)F)nc(S(C)=O)n2)c1.CSc1nc(-c2cccc(O)c2)cc(C(F)(F)F)n1.CSc1nc(Cl)cc(C(F)(F)F)n1.Cc1cccc(O)c1. The molecule has 0 spiro atoms. The fraction of sp³-hybridized carbons (Fsp3) is 0.233. The molecule has 0 saturated carbocycles. The highest BCUT2D eigenvalue weighted by atomic mass is 79.9. The maximum atomic E-state index is 13.0. The van der Waals surface area contributed by atoms with E-state index in [9.17, 15) is 70.4 Å². The van der Waals surface area contributed by atoms with Crippen LogP contribution in [0.1, 0.15) is 43.2 Å². The minimum absolute atomic E-state index is 0. The molecule has 1 atom stereocenters. The molecule has 0 fully saturated rings. The number of aromatic hydroxyl groups is 2. The normalized spacial score (nSPS) is 11.1. The third-order valence-electron chi connectivity index (χ3n) is 10.0. The van der Waals surface area contributed by atoms with Crippen molar-refractivity contribution in [1.82, 2.24) is 39.9 Å². The molecule has 4 aromatic heterocycles. The molecule has 4 heterocycles. The van der Waals surface area contributed by atoms with Crippen LogP contribution in [0.2, 0.25) is 5.15 Å². The lowest BCUT2D eigenvalue weighted by Crippen LogP contribution is -2.14. The highest BCUT2D eigenvalue weighted by molar-refractivity contribution is 9.09. The third-order valence-corrected chi connectivity index (χ3v) is 13.2. The highest BCUT2D eigenvalue weighted by Crippen LogP contribution is 2.36. The first-order valence-electron chi connectivity index (χ1n) is 24.5. The Morgan fingerprint density at radius 2 is 0.925 bits per heavy atom. The number of sulfone groups is 1. The standard InChI is InChI=1S/C15H11F3N2O3S.C15H11F3N2O2S.C12H9F3N2OS.C7H8O.C6H4ClF3N2S.C3H3Br.2CH4/c1-3-7-23-11-6-4-5-10(8-11)12-9-13(15(16,17)18)20-14(19-12)24(2,21)22;1-3-7-22-11-6-4-5-10(8-11)12-9-13(15(16,17)18)20-14(19-12)23(2)21;1-19-11-16-9(6-10(17-11)12(13,14)15)7-3-2-4-8(18)5-7;1-6-3-2-4-7(8)5-6;1-13-5-11-3(6(8,9)10)2-4(7)12-5;1-2-3-4;;/h1,4-6,8-9H,7H2,2H3;1,4-6,8-9H,7H2,2H3;2-6,18H,1H3;2-5,8H,1H3;2H,1H3;1H,3H2;2*1H4. The van der Waals surface area contributed by atoms with E-state index in [-0.39, 0.29) is 77.1 Å². The molecule has 15 nitrogen and oxygen atoms in total. The van der Waals surface area contributed by atoms with Crippen molar-refractivity contribution in [2.24, 2.45) is 0 Å². The molecule has 0 bridgehead atoms. The minimum atomic E-state index is -4.81. The van der Waals surface area contributed by atoms with Gasteiger partial charge in [-0.05, 0) is 91.7 Å². The predicted octanol–water partition coefficient (Wildman–Crippen LogP) is 15.9. The van der Waals surface area contributed by atoms with Crippen molar-refractivity contribution < 1.29 is 85.0 Å². The molecule has 0 radical (unpaired) electrons. The van der Waals surface area contributed by atoms with Crippen LogP contribution in [0.3, 0.4) is 0 Å². The summed E-state index contributed by atoms with van der Waals surface area (Å²) in [6.45, 7) is 1.96. The van der Waals surface area contributed by atoms with E-state index in [0.717, 1.165) is 47.5 Å². The van der Waals surface area contributed by atoms with Crippen LogP contribution in [-0.2, 0) is 45.3 Å². The lowest BCUT2D eigenvalue weighted by atomic mass is 10.1. The van der Waals surface area contributed by atoms with Gasteiger partial charge in [0.15, 0.2) is 16.0 Å². The quantitative estimate of drug-likeness (QED) is 0.0308. The van der Waals surface area contributed by atoms with Crippen LogP contribution in [0.5, 0.6) is 23.0 Å². The number of terminal acetylenes is 3. The zero-order valence-electron chi connectivity index (χ0n) is 47.3. The Morgan fingerprint density at radius 3 is 1.30 bits per heavy atom. The fourth-order valence-electron chi connectivity index (χ4n) is 6.21. The van der Waals surface area contributed by atoms with Crippen molar-refractivity contribution in [2.45, 2.75) is 67.1 Å². The summed E-state index contributed by atoms with van der Waals surface area (Å²) in [4.78, 5) is 28.3. The number of phenolic OH excluding ortho intramolecular Hbond substituents is 2. The van der Waals surface area contributed by atoms with Crippen molar-refractivity contribution >= 4 is 71.7 Å². The molecule has 1 unspecified atom stereocenters. The smallest absolute Gasteiger partial charge is 0.433 e. The molecule has 4 aromatic carbocycles. The van der Waals surface area contributed by atoms with Crippen LogP contribution >= 0.6 is 51.1 Å². The molecule has 2 N–H and O–H groups in total. The van der Waals surface area contributed by atoms with Crippen molar-refractivity contribution in [1.29, 1.82) is 0 Å². The van der Waals surface area contributed by atoms with Gasteiger partial charge in [0, 0.05) is 35.3 Å². The number of benzene rings is 4. The van der Waals surface area contributed by atoms with E-state index in [1.165, 1.54) is 42.7 Å². The van der Waals surface area contributed by atoms with Crippen LogP contribution in [0, 0.1) is 44.0 Å². The number of alkyl halides is 13. The molecule has 0 amide bonds. The van der Waals surface area contributed by atoms with Crippen LogP contribution < -0.4 is 9.47 Å². The van der Waals surface area contributed by atoms with Gasteiger partial charge in [-0.15, -0.1) is 19.3 Å². The average molecular weight is 1470 g/mol. The van der Waals surface area contributed by atoms with Crippen LogP contribution in [0.15, 0.2) is 142 Å². The maximum absolute atomic E-state index is 13.0. The molecule has 0 aliphatic heterocycles. The van der Waals surface area contributed by atoms with Crippen LogP contribution in [0.4, 0.5) is 52.7 Å². The van der Waals surface area contributed by atoms with Crippen molar-refractivity contribution in [3.8, 4) is 93.8 Å². The van der Waals surface area contributed by atoms with Crippen LogP contribution in [0.25, 0.3) is 33.8 Å². The summed E-state index contributed by atoms with van der Waals surface area (Å²) in [5.41, 5.74) is -2.46. The Bertz CT molecular complexity index is 4010.